The van der Waals surface area contributed by atoms with Crippen LogP contribution < -0.4 is 5.32 Å². The number of hydrogen-bond donors (Lipinski definition) is 1. The molecule has 0 aliphatic carbocycles. The smallest absolute Gasteiger partial charge is 0.317 e. The SMILES string of the molecule is COC(=O)[C@H]1CCCN(C(=O)NC(C)C)C1. The Hall–Kier alpha value is -1.26. The molecular weight excluding hydrogens is 208 g/mol. The van der Waals surface area contributed by atoms with Gasteiger partial charge in [-0.15, -0.1) is 0 Å². The van der Waals surface area contributed by atoms with E-state index in [2.05, 4.69) is 5.32 Å². The molecule has 0 unspecified atom stereocenters. The summed E-state index contributed by atoms with van der Waals surface area (Å²) in [4.78, 5) is 24.8. The minimum absolute atomic E-state index is 0.0939. The van der Waals surface area contributed by atoms with E-state index in [1.165, 1.54) is 7.11 Å². The first kappa shape index (κ1) is 12.8. The average molecular weight is 228 g/mol. The highest BCUT2D eigenvalue weighted by atomic mass is 16.5. The van der Waals surface area contributed by atoms with Gasteiger partial charge in [0.15, 0.2) is 0 Å². The minimum atomic E-state index is -0.220. The number of amides is 2. The molecule has 1 N–H and O–H groups in total. The molecule has 1 fully saturated rings. The van der Waals surface area contributed by atoms with Crippen molar-refractivity contribution < 1.29 is 14.3 Å². The molecule has 0 aromatic heterocycles. The molecule has 1 aliphatic rings. The Morgan fingerprint density at radius 1 is 1.44 bits per heavy atom. The third-order valence-corrected chi connectivity index (χ3v) is 2.66. The van der Waals surface area contributed by atoms with E-state index in [9.17, 15) is 9.59 Å². The number of urea groups is 1. The van der Waals surface area contributed by atoms with Gasteiger partial charge in [0.1, 0.15) is 0 Å². The van der Waals surface area contributed by atoms with E-state index in [0.717, 1.165) is 12.8 Å². The fourth-order valence-electron chi connectivity index (χ4n) is 1.86. The largest absolute Gasteiger partial charge is 0.469 e. The Bertz CT molecular complexity index is 266. The zero-order valence-corrected chi connectivity index (χ0v) is 10.2. The number of nitrogens with one attached hydrogen (secondary N) is 1. The van der Waals surface area contributed by atoms with E-state index < -0.39 is 0 Å². The number of carbonyl (C=O) groups is 2. The summed E-state index contributed by atoms with van der Waals surface area (Å²) in [7, 11) is 1.38. The summed E-state index contributed by atoms with van der Waals surface area (Å²) < 4.78 is 4.70. The van der Waals surface area contributed by atoms with Crippen LogP contribution in [0, 0.1) is 5.92 Å². The molecule has 0 aromatic carbocycles. The van der Waals surface area contributed by atoms with Gasteiger partial charge in [-0.1, -0.05) is 0 Å². The van der Waals surface area contributed by atoms with Gasteiger partial charge in [-0.2, -0.15) is 0 Å². The van der Waals surface area contributed by atoms with Crippen LogP contribution in [0.4, 0.5) is 4.79 Å². The zero-order valence-electron chi connectivity index (χ0n) is 10.2. The summed E-state index contributed by atoms with van der Waals surface area (Å²) >= 11 is 0. The van der Waals surface area contributed by atoms with Gasteiger partial charge < -0.3 is 15.0 Å². The van der Waals surface area contributed by atoms with E-state index in [1.807, 2.05) is 13.8 Å². The number of carbonyl (C=O) groups excluding carboxylic acids is 2. The van der Waals surface area contributed by atoms with Crippen LogP contribution in [0.25, 0.3) is 0 Å². The summed E-state index contributed by atoms with van der Waals surface area (Å²) in [5, 5.41) is 2.82. The first-order chi connectivity index (χ1) is 7.54. The van der Waals surface area contributed by atoms with Crippen LogP contribution in [0.1, 0.15) is 26.7 Å². The number of ether oxygens (including phenoxy) is 1. The normalized spacial score (nSPS) is 20.8. The van der Waals surface area contributed by atoms with Crippen LogP contribution in [0.15, 0.2) is 0 Å². The molecule has 1 aliphatic heterocycles. The summed E-state index contributed by atoms with van der Waals surface area (Å²) in [5.74, 6) is -0.390. The van der Waals surface area contributed by atoms with Crippen molar-refractivity contribution >= 4 is 12.0 Å². The molecule has 92 valence electrons. The monoisotopic (exact) mass is 228 g/mol. The third kappa shape index (κ3) is 3.40. The highest BCUT2D eigenvalue weighted by Gasteiger charge is 2.28. The topological polar surface area (TPSA) is 58.6 Å². The van der Waals surface area contributed by atoms with E-state index in [-0.39, 0.29) is 24.0 Å². The minimum Gasteiger partial charge on any atom is -0.469 e. The van der Waals surface area contributed by atoms with Crippen LogP contribution in [0.5, 0.6) is 0 Å². The Kier molecular flexibility index (Phi) is 4.58. The maximum Gasteiger partial charge on any atom is 0.317 e. The van der Waals surface area contributed by atoms with Crippen molar-refractivity contribution in [3.8, 4) is 0 Å². The lowest BCUT2D eigenvalue weighted by molar-refractivity contribution is -0.146. The molecule has 0 saturated carbocycles. The Labute approximate surface area is 96.1 Å². The standard InChI is InChI=1S/C11H20N2O3/c1-8(2)12-11(15)13-6-4-5-9(7-13)10(14)16-3/h8-9H,4-7H2,1-3H3,(H,12,15)/t9-/m0/s1. The zero-order chi connectivity index (χ0) is 12.1. The second-order valence-corrected chi connectivity index (χ2v) is 4.41. The van der Waals surface area contributed by atoms with Crippen LogP contribution in [-0.4, -0.2) is 43.1 Å². The maximum absolute atomic E-state index is 11.7. The molecule has 0 radical (unpaired) electrons. The highest BCUT2D eigenvalue weighted by Crippen LogP contribution is 2.17. The number of hydrogen-bond acceptors (Lipinski definition) is 3. The molecule has 1 heterocycles. The lowest BCUT2D eigenvalue weighted by atomic mass is 9.98. The van der Waals surface area contributed by atoms with Gasteiger partial charge in [-0.3, -0.25) is 4.79 Å². The van der Waals surface area contributed by atoms with E-state index >= 15 is 0 Å². The second kappa shape index (κ2) is 5.72. The van der Waals surface area contributed by atoms with Crippen molar-refractivity contribution in [2.75, 3.05) is 20.2 Å². The highest BCUT2D eigenvalue weighted by molar-refractivity contribution is 5.77. The molecule has 0 aromatic rings. The summed E-state index contributed by atoms with van der Waals surface area (Å²) in [6.07, 6.45) is 1.66. The second-order valence-electron chi connectivity index (χ2n) is 4.41. The van der Waals surface area contributed by atoms with Gasteiger partial charge in [-0.25, -0.2) is 4.79 Å². The summed E-state index contributed by atoms with van der Waals surface area (Å²) in [6.45, 7) is 5.01. The van der Waals surface area contributed by atoms with E-state index in [1.54, 1.807) is 4.90 Å². The van der Waals surface area contributed by atoms with Crippen molar-refractivity contribution in [1.82, 2.24) is 10.2 Å². The van der Waals surface area contributed by atoms with Crippen molar-refractivity contribution in [2.45, 2.75) is 32.7 Å². The Morgan fingerprint density at radius 2 is 2.12 bits per heavy atom. The molecule has 1 atom stereocenters. The molecule has 2 amide bonds. The Balaban J connectivity index is 2.50. The molecule has 1 rings (SSSR count). The summed E-state index contributed by atoms with van der Waals surface area (Å²) in [5.41, 5.74) is 0. The number of methoxy groups -OCH3 is 1. The van der Waals surface area contributed by atoms with Crippen LogP contribution in [0.2, 0.25) is 0 Å². The first-order valence-electron chi connectivity index (χ1n) is 5.68. The lowest BCUT2D eigenvalue weighted by Crippen LogP contribution is -2.48. The predicted octanol–water partition coefficient (Wildman–Crippen LogP) is 0.989. The van der Waals surface area contributed by atoms with Crippen LogP contribution >= 0.6 is 0 Å². The van der Waals surface area contributed by atoms with Gasteiger partial charge >= 0.3 is 12.0 Å². The quantitative estimate of drug-likeness (QED) is 0.717. The van der Waals surface area contributed by atoms with Crippen molar-refractivity contribution in [2.24, 2.45) is 5.92 Å². The fraction of sp³-hybridized carbons (Fsp3) is 0.818. The molecule has 5 heteroatoms. The van der Waals surface area contributed by atoms with Crippen LogP contribution in [0.3, 0.4) is 0 Å². The van der Waals surface area contributed by atoms with Crippen molar-refractivity contribution in [1.29, 1.82) is 0 Å². The van der Waals surface area contributed by atoms with Gasteiger partial charge in [0.25, 0.3) is 0 Å². The molecule has 0 spiro atoms. The van der Waals surface area contributed by atoms with Crippen molar-refractivity contribution in [3.63, 3.8) is 0 Å². The van der Waals surface area contributed by atoms with Crippen LogP contribution in [-0.2, 0) is 9.53 Å². The summed E-state index contributed by atoms with van der Waals surface area (Å²) in [6, 6.07) is 0.0228. The number of rotatable bonds is 2. The lowest BCUT2D eigenvalue weighted by Gasteiger charge is -2.31. The molecule has 1 saturated heterocycles. The molecular formula is C11H20N2O3. The fourth-order valence-corrected chi connectivity index (χ4v) is 1.86. The first-order valence-corrected chi connectivity index (χ1v) is 5.68. The molecule has 5 nitrogen and oxygen atoms in total. The average Bonchev–Trinajstić information content (AvgIpc) is 2.27. The number of piperidine rings is 1. The number of likely N-dealkylation sites (tertiary alicyclic amines) is 1. The molecule has 0 bridgehead atoms. The Morgan fingerprint density at radius 3 is 2.69 bits per heavy atom. The third-order valence-electron chi connectivity index (χ3n) is 2.66. The number of nitrogens with zero attached hydrogens (tertiary/aromatic N) is 1. The van der Waals surface area contributed by atoms with Gasteiger partial charge in [0, 0.05) is 19.1 Å². The van der Waals surface area contributed by atoms with Gasteiger partial charge in [-0.05, 0) is 26.7 Å². The van der Waals surface area contributed by atoms with E-state index in [4.69, 9.17) is 4.74 Å². The van der Waals surface area contributed by atoms with Crippen molar-refractivity contribution in [3.05, 3.63) is 0 Å². The number of esters is 1. The maximum atomic E-state index is 11.7. The van der Waals surface area contributed by atoms with Gasteiger partial charge in [0.2, 0.25) is 0 Å². The predicted molar refractivity (Wildman–Crippen MR) is 60.0 cm³/mol. The van der Waals surface area contributed by atoms with Gasteiger partial charge in [0.05, 0.1) is 13.0 Å². The molecule has 16 heavy (non-hydrogen) atoms. The van der Waals surface area contributed by atoms with E-state index in [0.29, 0.717) is 13.1 Å².